The summed E-state index contributed by atoms with van der Waals surface area (Å²) in [5, 5.41) is 3.70. The van der Waals surface area contributed by atoms with E-state index in [1.165, 1.54) is 0 Å². The van der Waals surface area contributed by atoms with Gasteiger partial charge in [-0.3, -0.25) is 9.59 Å². The number of benzene rings is 2. The Morgan fingerprint density at radius 1 is 1.08 bits per heavy atom. The van der Waals surface area contributed by atoms with Crippen molar-refractivity contribution in [2.75, 3.05) is 19.8 Å². The van der Waals surface area contributed by atoms with Gasteiger partial charge in [-0.2, -0.15) is 0 Å². The summed E-state index contributed by atoms with van der Waals surface area (Å²) < 4.78 is 5.51. The summed E-state index contributed by atoms with van der Waals surface area (Å²) in [4.78, 5) is 23.7. The van der Waals surface area contributed by atoms with Crippen LogP contribution in [0.15, 0.2) is 48.5 Å². The fourth-order valence-corrected chi connectivity index (χ4v) is 3.48. The molecule has 3 rings (SSSR count). The quantitative estimate of drug-likeness (QED) is 0.846. The third-order valence-electron chi connectivity index (χ3n) is 4.91. The SMILES string of the molecule is NC(=O)c1ccc(C(=O)NCC2(c3cccc(Cl)c3)CCOCC2)cc1. The van der Waals surface area contributed by atoms with Gasteiger partial charge in [0.25, 0.3) is 5.91 Å². The number of ether oxygens (including phenoxy) is 1. The number of hydrogen-bond donors (Lipinski definition) is 2. The Morgan fingerprint density at radius 3 is 2.35 bits per heavy atom. The third kappa shape index (κ3) is 4.06. The Morgan fingerprint density at radius 2 is 1.73 bits per heavy atom. The van der Waals surface area contributed by atoms with Crippen molar-refractivity contribution in [2.45, 2.75) is 18.3 Å². The summed E-state index contributed by atoms with van der Waals surface area (Å²) in [5.74, 6) is -0.701. The van der Waals surface area contributed by atoms with Crippen LogP contribution < -0.4 is 11.1 Å². The van der Waals surface area contributed by atoms with Crippen molar-refractivity contribution >= 4 is 23.4 Å². The summed E-state index contributed by atoms with van der Waals surface area (Å²) in [5.41, 5.74) is 7.00. The van der Waals surface area contributed by atoms with E-state index in [0.717, 1.165) is 18.4 Å². The molecule has 0 aromatic heterocycles. The zero-order chi connectivity index (χ0) is 18.6. The number of carbonyl (C=O) groups is 2. The zero-order valence-electron chi connectivity index (χ0n) is 14.3. The maximum Gasteiger partial charge on any atom is 0.251 e. The number of amides is 2. The number of nitrogens with two attached hydrogens (primary N) is 1. The summed E-state index contributed by atoms with van der Waals surface area (Å²) in [6.07, 6.45) is 1.63. The minimum atomic E-state index is -0.515. The van der Waals surface area contributed by atoms with Crippen LogP contribution in [0.1, 0.15) is 39.1 Å². The fraction of sp³-hybridized carbons (Fsp3) is 0.300. The Hall–Kier alpha value is -2.37. The molecule has 0 spiro atoms. The summed E-state index contributed by atoms with van der Waals surface area (Å²) in [7, 11) is 0. The van der Waals surface area contributed by atoms with Gasteiger partial charge < -0.3 is 15.8 Å². The number of halogens is 1. The first-order valence-corrected chi connectivity index (χ1v) is 8.90. The van der Waals surface area contributed by atoms with Crippen molar-refractivity contribution in [1.29, 1.82) is 0 Å². The maximum absolute atomic E-state index is 12.5. The van der Waals surface area contributed by atoms with Crippen LogP contribution in [0.3, 0.4) is 0 Å². The second-order valence-corrected chi connectivity index (χ2v) is 6.96. The van der Waals surface area contributed by atoms with E-state index in [4.69, 9.17) is 22.1 Å². The molecule has 1 saturated heterocycles. The molecule has 136 valence electrons. The van der Waals surface area contributed by atoms with E-state index in [2.05, 4.69) is 5.32 Å². The highest BCUT2D eigenvalue weighted by Crippen LogP contribution is 2.35. The van der Waals surface area contributed by atoms with Gasteiger partial charge in [0.2, 0.25) is 5.91 Å². The van der Waals surface area contributed by atoms with E-state index >= 15 is 0 Å². The van der Waals surface area contributed by atoms with Crippen LogP contribution in [0.4, 0.5) is 0 Å². The van der Waals surface area contributed by atoms with E-state index < -0.39 is 5.91 Å². The van der Waals surface area contributed by atoms with E-state index in [1.807, 2.05) is 24.3 Å². The minimum absolute atomic E-state index is 0.186. The second-order valence-electron chi connectivity index (χ2n) is 6.53. The predicted molar refractivity (Wildman–Crippen MR) is 100 cm³/mol. The molecule has 3 N–H and O–H groups in total. The maximum atomic E-state index is 12.5. The summed E-state index contributed by atoms with van der Waals surface area (Å²) in [6.45, 7) is 1.79. The van der Waals surface area contributed by atoms with Gasteiger partial charge in [0.1, 0.15) is 0 Å². The average Bonchev–Trinajstić information content (AvgIpc) is 2.67. The molecule has 6 heteroatoms. The zero-order valence-corrected chi connectivity index (χ0v) is 15.1. The van der Waals surface area contributed by atoms with Gasteiger partial charge in [-0.05, 0) is 54.8 Å². The van der Waals surface area contributed by atoms with Gasteiger partial charge in [0.05, 0.1) is 0 Å². The first-order chi connectivity index (χ1) is 12.5. The molecule has 1 heterocycles. The molecule has 0 radical (unpaired) electrons. The first kappa shape index (κ1) is 18.4. The standard InChI is InChI=1S/C20H21ClN2O3/c21-17-3-1-2-16(12-17)20(8-10-26-11-9-20)13-23-19(25)15-6-4-14(5-7-15)18(22)24/h1-7,12H,8-11,13H2,(H2,22,24)(H,23,25). The molecule has 5 nitrogen and oxygen atoms in total. The van der Waals surface area contributed by atoms with Crippen molar-refractivity contribution < 1.29 is 14.3 Å². The Balaban J connectivity index is 1.75. The molecular formula is C20H21ClN2O3. The highest BCUT2D eigenvalue weighted by Gasteiger charge is 2.35. The number of carbonyl (C=O) groups excluding carboxylic acids is 2. The number of rotatable bonds is 5. The molecule has 2 aromatic rings. The molecule has 2 amide bonds. The molecule has 1 fully saturated rings. The van der Waals surface area contributed by atoms with Crippen LogP contribution >= 0.6 is 11.6 Å². The molecule has 1 aliphatic rings. The van der Waals surface area contributed by atoms with Crippen molar-refractivity contribution in [1.82, 2.24) is 5.32 Å². The molecule has 0 unspecified atom stereocenters. The van der Waals surface area contributed by atoms with E-state index in [0.29, 0.717) is 35.9 Å². The molecule has 26 heavy (non-hydrogen) atoms. The third-order valence-corrected chi connectivity index (χ3v) is 5.14. The summed E-state index contributed by atoms with van der Waals surface area (Å²) in [6, 6.07) is 14.1. The van der Waals surface area contributed by atoms with E-state index in [1.54, 1.807) is 24.3 Å². The largest absolute Gasteiger partial charge is 0.381 e. The summed E-state index contributed by atoms with van der Waals surface area (Å²) >= 11 is 6.17. The lowest BCUT2D eigenvalue weighted by molar-refractivity contribution is 0.0487. The minimum Gasteiger partial charge on any atom is -0.381 e. The average molecular weight is 373 g/mol. The van der Waals surface area contributed by atoms with Crippen LogP contribution in [-0.2, 0) is 10.2 Å². The van der Waals surface area contributed by atoms with Crippen molar-refractivity contribution in [2.24, 2.45) is 5.73 Å². The lowest BCUT2D eigenvalue weighted by Crippen LogP contribution is -2.44. The van der Waals surface area contributed by atoms with Gasteiger partial charge in [-0.25, -0.2) is 0 Å². The van der Waals surface area contributed by atoms with E-state index in [9.17, 15) is 9.59 Å². The molecule has 0 bridgehead atoms. The van der Waals surface area contributed by atoms with Gasteiger partial charge in [-0.15, -0.1) is 0 Å². The van der Waals surface area contributed by atoms with Crippen molar-refractivity contribution in [3.63, 3.8) is 0 Å². The van der Waals surface area contributed by atoms with Crippen LogP contribution in [0.5, 0.6) is 0 Å². The molecule has 2 aromatic carbocycles. The smallest absolute Gasteiger partial charge is 0.251 e. The van der Waals surface area contributed by atoms with Crippen LogP contribution in [-0.4, -0.2) is 31.6 Å². The molecule has 0 atom stereocenters. The lowest BCUT2D eigenvalue weighted by atomic mass is 9.74. The molecule has 0 saturated carbocycles. The fourth-order valence-electron chi connectivity index (χ4n) is 3.29. The van der Waals surface area contributed by atoms with Crippen LogP contribution in [0.25, 0.3) is 0 Å². The van der Waals surface area contributed by atoms with Crippen molar-refractivity contribution in [3.8, 4) is 0 Å². The predicted octanol–water partition coefficient (Wildman–Crippen LogP) is 2.92. The van der Waals surface area contributed by atoms with Gasteiger partial charge in [0.15, 0.2) is 0 Å². The molecular weight excluding hydrogens is 352 g/mol. The van der Waals surface area contributed by atoms with Gasteiger partial charge in [-0.1, -0.05) is 23.7 Å². The number of primary amides is 1. The van der Waals surface area contributed by atoms with E-state index in [-0.39, 0.29) is 11.3 Å². The first-order valence-electron chi connectivity index (χ1n) is 8.52. The second kappa shape index (κ2) is 7.89. The monoisotopic (exact) mass is 372 g/mol. The van der Waals surface area contributed by atoms with Crippen molar-refractivity contribution in [3.05, 3.63) is 70.2 Å². The Labute approximate surface area is 157 Å². The Bertz CT molecular complexity index is 799. The molecule has 1 aliphatic heterocycles. The van der Waals surface area contributed by atoms with Gasteiger partial charge >= 0.3 is 0 Å². The highest BCUT2D eigenvalue weighted by atomic mass is 35.5. The van der Waals surface area contributed by atoms with Crippen LogP contribution in [0.2, 0.25) is 5.02 Å². The Kier molecular flexibility index (Phi) is 5.59. The topological polar surface area (TPSA) is 81.4 Å². The lowest BCUT2D eigenvalue weighted by Gasteiger charge is -2.38. The number of nitrogens with one attached hydrogen (secondary N) is 1. The van der Waals surface area contributed by atoms with Crippen LogP contribution in [0, 0.1) is 0 Å². The number of hydrogen-bond acceptors (Lipinski definition) is 3. The van der Waals surface area contributed by atoms with Gasteiger partial charge in [0, 0.05) is 41.3 Å². The normalized spacial score (nSPS) is 16.0. The highest BCUT2D eigenvalue weighted by molar-refractivity contribution is 6.30. The molecule has 0 aliphatic carbocycles.